The van der Waals surface area contributed by atoms with Gasteiger partial charge in [-0.3, -0.25) is 19.7 Å². The molecule has 2 aromatic carbocycles. The van der Waals surface area contributed by atoms with E-state index in [1.54, 1.807) is 6.07 Å². The molecule has 9 heteroatoms. The first kappa shape index (κ1) is 19.8. The number of nitrogens with two attached hydrogens (primary N) is 1. The molecular formula is C18H18FN3O5. The van der Waals surface area contributed by atoms with Gasteiger partial charge in [-0.1, -0.05) is 12.1 Å². The molecule has 0 saturated heterocycles. The summed E-state index contributed by atoms with van der Waals surface area (Å²) in [4.78, 5) is 34.3. The van der Waals surface area contributed by atoms with Crippen molar-refractivity contribution in [3.8, 4) is 5.75 Å². The fraction of sp³-hybridized carbons (Fsp3) is 0.222. The third kappa shape index (κ3) is 5.50. The minimum Gasteiger partial charge on any atom is -0.496 e. The quantitative estimate of drug-likeness (QED) is 0.534. The number of carbonyl (C=O) groups is 2. The summed E-state index contributed by atoms with van der Waals surface area (Å²) in [6, 6.07) is 8.33. The molecule has 2 aromatic rings. The van der Waals surface area contributed by atoms with Gasteiger partial charge in [0, 0.05) is 24.1 Å². The summed E-state index contributed by atoms with van der Waals surface area (Å²) in [5, 5.41) is 13.4. The number of nitrogens with one attached hydrogen (secondary N) is 1. The molecule has 2 rings (SSSR count). The van der Waals surface area contributed by atoms with Crippen molar-refractivity contribution in [2.75, 3.05) is 7.11 Å². The number of rotatable bonds is 8. The van der Waals surface area contributed by atoms with Crippen LogP contribution in [0.5, 0.6) is 5.75 Å². The summed E-state index contributed by atoms with van der Waals surface area (Å²) in [7, 11) is 1.38. The Morgan fingerprint density at radius 2 is 2.04 bits per heavy atom. The van der Waals surface area contributed by atoms with Gasteiger partial charge in [0.1, 0.15) is 17.6 Å². The van der Waals surface area contributed by atoms with Gasteiger partial charge in [-0.2, -0.15) is 0 Å². The van der Waals surface area contributed by atoms with Gasteiger partial charge in [0.05, 0.1) is 18.5 Å². The van der Waals surface area contributed by atoms with Crippen LogP contribution in [0.4, 0.5) is 10.1 Å². The van der Waals surface area contributed by atoms with Crippen LogP contribution in [0.2, 0.25) is 0 Å². The zero-order chi connectivity index (χ0) is 20.0. The molecule has 0 saturated carbocycles. The van der Waals surface area contributed by atoms with E-state index in [1.807, 2.05) is 0 Å². The van der Waals surface area contributed by atoms with Gasteiger partial charge in [0.2, 0.25) is 11.8 Å². The van der Waals surface area contributed by atoms with E-state index in [1.165, 1.54) is 43.5 Å². The van der Waals surface area contributed by atoms with E-state index in [2.05, 4.69) is 5.32 Å². The average molecular weight is 375 g/mol. The monoisotopic (exact) mass is 375 g/mol. The molecule has 0 spiro atoms. The van der Waals surface area contributed by atoms with Crippen molar-refractivity contribution in [2.45, 2.75) is 18.9 Å². The molecule has 0 bridgehead atoms. The summed E-state index contributed by atoms with van der Waals surface area (Å²) in [6.45, 7) is 0. The maximum atomic E-state index is 13.2. The van der Waals surface area contributed by atoms with Crippen LogP contribution in [0.15, 0.2) is 42.5 Å². The fourth-order valence-corrected chi connectivity index (χ4v) is 2.56. The van der Waals surface area contributed by atoms with E-state index >= 15 is 0 Å². The van der Waals surface area contributed by atoms with E-state index < -0.39 is 28.6 Å². The lowest BCUT2D eigenvalue weighted by atomic mass is 10.0. The minimum atomic E-state index is -1.11. The van der Waals surface area contributed by atoms with Crippen LogP contribution in [0, 0.1) is 15.9 Å². The minimum absolute atomic E-state index is 0.0882. The van der Waals surface area contributed by atoms with Crippen LogP contribution >= 0.6 is 0 Å². The van der Waals surface area contributed by atoms with E-state index in [0.29, 0.717) is 16.9 Å². The Bertz CT molecular complexity index is 872. The summed E-state index contributed by atoms with van der Waals surface area (Å²) in [6.07, 6.45) is -0.233. The highest BCUT2D eigenvalue weighted by Gasteiger charge is 2.22. The van der Waals surface area contributed by atoms with E-state index in [-0.39, 0.29) is 18.5 Å². The molecule has 8 nitrogen and oxygen atoms in total. The molecule has 0 aliphatic carbocycles. The van der Waals surface area contributed by atoms with Crippen LogP contribution in [-0.2, 0) is 22.4 Å². The highest BCUT2D eigenvalue weighted by atomic mass is 19.1. The lowest BCUT2D eigenvalue weighted by Gasteiger charge is -2.17. The Labute approximate surface area is 154 Å². The molecule has 0 heterocycles. The first-order chi connectivity index (χ1) is 12.8. The number of halogens is 1. The molecule has 142 valence electrons. The molecule has 0 radical (unpaired) electrons. The fourth-order valence-electron chi connectivity index (χ4n) is 2.56. The molecule has 0 aliphatic rings. The number of non-ortho nitro benzene ring substituents is 1. The summed E-state index contributed by atoms with van der Waals surface area (Å²) >= 11 is 0. The van der Waals surface area contributed by atoms with Crippen molar-refractivity contribution in [3.05, 3.63) is 69.5 Å². The number of nitro groups is 1. The Morgan fingerprint density at radius 3 is 2.63 bits per heavy atom. The largest absolute Gasteiger partial charge is 0.496 e. The highest BCUT2D eigenvalue weighted by Crippen LogP contribution is 2.25. The third-order valence-electron chi connectivity index (χ3n) is 3.83. The predicted molar refractivity (Wildman–Crippen MR) is 94.6 cm³/mol. The van der Waals surface area contributed by atoms with E-state index in [4.69, 9.17) is 10.5 Å². The van der Waals surface area contributed by atoms with Gasteiger partial charge in [0.15, 0.2) is 0 Å². The second kappa shape index (κ2) is 8.75. The number of nitrogens with zero attached hydrogens (tertiary/aromatic N) is 1. The maximum Gasteiger partial charge on any atom is 0.269 e. The molecule has 3 N–H and O–H groups in total. The van der Waals surface area contributed by atoms with Crippen LogP contribution in [-0.4, -0.2) is 29.9 Å². The number of primary amides is 1. The summed E-state index contributed by atoms with van der Waals surface area (Å²) in [5.41, 5.74) is 5.95. The normalized spacial score (nSPS) is 11.5. The molecule has 27 heavy (non-hydrogen) atoms. The van der Waals surface area contributed by atoms with Gasteiger partial charge in [-0.15, -0.1) is 0 Å². The van der Waals surface area contributed by atoms with Crippen LogP contribution < -0.4 is 15.8 Å². The molecule has 0 aliphatic heterocycles. The topological polar surface area (TPSA) is 125 Å². The smallest absolute Gasteiger partial charge is 0.269 e. The van der Waals surface area contributed by atoms with E-state index in [9.17, 15) is 24.1 Å². The number of nitro benzene ring substituents is 1. The number of methoxy groups -OCH3 is 1. The first-order valence-corrected chi connectivity index (χ1v) is 7.94. The van der Waals surface area contributed by atoms with Crippen LogP contribution in [0.3, 0.4) is 0 Å². The van der Waals surface area contributed by atoms with Crippen molar-refractivity contribution in [3.63, 3.8) is 0 Å². The van der Waals surface area contributed by atoms with Crippen molar-refractivity contribution >= 4 is 17.5 Å². The van der Waals surface area contributed by atoms with Crippen molar-refractivity contribution < 1.29 is 23.6 Å². The standard InChI is InChI=1S/C18H18FN3O5/c1-27-16-6-5-14(22(25)26)9-12(16)10-15(18(20)24)21-17(23)8-11-3-2-4-13(19)7-11/h2-7,9,15H,8,10H2,1H3,(H2,20,24)(H,21,23)/t15-/m0/s1. The number of hydrogen-bond donors (Lipinski definition) is 2. The molecule has 2 amide bonds. The van der Waals surface area contributed by atoms with Gasteiger partial charge in [-0.25, -0.2) is 4.39 Å². The highest BCUT2D eigenvalue weighted by molar-refractivity contribution is 5.87. The zero-order valence-corrected chi connectivity index (χ0v) is 14.5. The lowest BCUT2D eigenvalue weighted by molar-refractivity contribution is -0.384. The zero-order valence-electron chi connectivity index (χ0n) is 14.5. The van der Waals surface area contributed by atoms with Gasteiger partial charge >= 0.3 is 0 Å². The molecule has 1 atom stereocenters. The molecule has 0 fully saturated rings. The third-order valence-corrected chi connectivity index (χ3v) is 3.83. The van der Waals surface area contributed by atoms with Crippen LogP contribution in [0.25, 0.3) is 0 Å². The summed E-state index contributed by atoms with van der Waals surface area (Å²) < 4.78 is 18.4. The van der Waals surface area contributed by atoms with Crippen molar-refractivity contribution in [1.82, 2.24) is 5.32 Å². The van der Waals surface area contributed by atoms with E-state index in [0.717, 1.165) is 0 Å². The van der Waals surface area contributed by atoms with Gasteiger partial charge in [-0.05, 0) is 23.8 Å². The Morgan fingerprint density at radius 1 is 1.30 bits per heavy atom. The number of benzene rings is 2. The van der Waals surface area contributed by atoms with Crippen molar-refractivity contribution in [2.24, 2.45) is 5.73 Å². The molecule has 0 aromatic heterocycles. The Hall–Kier alpha value is -3.49. The second-order valence-corrected chi connectivity index (χ2v) is 5.79. The summed E-state index contributed by atoms with van der Waals surface area (Å²) in [5.74, 6) is -1.50. The number of ether oxygens (including phenoxy) is 1. The lowest BCUT2D eigenvalue weighted by Crippen LogP contribution is -2.46. The van der Waals surface area contributed by atoms with Crippen molar-refractivity contribution in [1.29, 1.82) is 0 Å². The average Bonchev–Trinajstić information content (AvgIpc) is 2.60. The number of hydrogen-bond acceptors (Lipinski definition) is 5. The predicted octanol–water partition coefficient (Wildman–Crippen LogP) is 1.50. The van der Waals surface area contributed by atoms with Gasteiger partial charge in [0.25, 0.3) is 5.69 Å². The van der Waals surface area contributed by atoms with Gasteiger partial charge < -0.3 is 15.8 Å². The number of carbonyl (C=O) groups excluding carboxylic acids is 2. The SMILES string of the molecule is COc1ccc([N+](=O)[O-])cc1C[C@H](NC(=O)Cc1cccc(F)c1)C(N)=O. The number of amides is 2. The maximum absolute atomic E-state index is 13.2. The Balaban J connectivity index is 2.16. The molecular weight excluding hydrogens is 357 g/mol. The second-order valence-electron chi connectivity index (χ2n) is 5.79. The van der Waals surface area contributed by atoms with Crippen LogP contribution in [0.1, 0.15) is 11.1 Å². The Kier molecular flexibility index (Phi) is 6.42. The molecule has 0 unspecified atom stereocenters. The first-order valence-electron chi connectivity index (χ1n) is 7.94.